The standard InChI is InChI=1S/C19H24N2O4S/c1-15(2)25-18-13-9-8-12-17(18)21(26(4,23)24)14-19(22)20(3)16-10-6-5-7-11-16/h5-13,15H,14H2,1-4H3. The average Bonchev–Trinajstić information content (AvgIpc) is 2.59. The smallest absolute Gasteiger partial charge is 0.247 e. The molecule has 140 valence electrons. The molecule has 26 heavy (non-hydrogen) atoms. The van der Waals surface area contributed by atoms with Crippen molar-refractivity contribution in [3.63, 3.8) is 0 Å². The fourth-order valence-corrected chi connectivity index (χ4v) is 3.28. The largest absolute Gasteiger partial charge is 0.489 e. The molecule has 2 aromatic carbocycles. The van der Waals surface area contributed by atoms with Gasteiger partial charge in [0.15, 0.2) is 0 Å². The molecule has 2 rings (SSSR count). The number of benzene rings is 2. The van der Waals surface area contributed by atoms with Gasteiger partial charge in [-0.3, -0.25) is 9.10 Å². The molecule has 0 aliphatic carbocycles. The lowest BCUT2D eigenvalue weighted by Gasteiger charge is -2.27. The van der Waals surface area contributed by atoms with E-state index in [9.17, 15) is 13.2 Å². The summed E-state index contributed by atoms with van der Waals surface area (Å²) in [5.41, 5.74) is 1.04. The number of nitrogens with zero attached hydrogens (tertiary/aromatic N) is 2. The molecule has 1 amide bonds. The number of ether oxygens (including phenoxy) is 1. The highest BCUT2D eigenvalue weighted by molar-refractivity contribution is 7.92. The first kappa shape index (κ1) is 19.8. The lowest BCUT2D eigenvalue weighted by molar-refractivity contribution is -0.116. The lowest BCUT2D eigenvalue weighted by atomic mass is 10.2. The predicted octanol–water partition coefficient (Wildman–Crippen LogP) is 2.90. The molecule has 0 bridgehead atoms. The molecular formula is C19H24N2O4S. The first-order valence-electron chi connectivity index (χ1n) is 8.25. The molecule has 0 heterocycles. The molecule has 0 aromatic heterocycles. The van der Waals surface area contributed by atoms with Gasteiger partial charge >= 0.3 is 0 Å². The SMILES string of the molecule is CC(C)Oc1ccccc1N(CC(=O)N(C)c1ccccc1)S(C)(=O)=O. The Morgan fingerprint density at radius 3 is 2.19 bits per heavy atom. The zero-order valence-electron chi connectivity index (χ0n) is 15.4. The van der Waals surface area contributed by atoms with Crippen molar-refractivity contribution in [2.45, 2.75) is 20.0 Å². The topological polar surface area (TPSA) is 66.9 Å². The van der Waals surface area contributed by atoms with Gasteiger partial charge in [-0.2, -0.15) is 0 Å². The third-order valence-corrected chi connectivity index (χ3v) is 4.82. The highest BCUT2D eigenvalue weighted by atomic mass is 32.2. The van der Waals surface area contributed by atoms with Crippen molar-refractivity contribution in [3.05, 3.63) is 54.6 Å². The van der Waals surface area contributed by atoms with E-state index in [2.05, 4.69) is 0 Å². The van der Waals surface area contributed by atoms with E-state index >= 15 is 0 Å². The van der Waals surface area contributed by atoms with Gasteiger partial charge in [0, 0.05) is 12.7 Å². The number of amides is 1. The summed E-state index contributed by atoms with van der Waals surface area (Å²) in [4.78, 5) is 14.1. The van der Waals surface area contributed by atoms with E-state index < -0.39 is 10.0 Å². The molecule has 0 saturated heterocycles. The first-order chi connectivity index (χ1) is 12.2. The van der Waals surface area contributed by atoms with E-state index in [1.54, 1.807) is 43.4 Å². The molecule has 0 spiro atoms. The van der Waals surface area contributed by atoms with Gasteiger partial charge in [0.1, 0.15) is 12.3 Å². The van der Waals surface area contributed by atoms with E-state index in [4.69, 9.17) is 4.74 Å². The van der Waals surface area contributed by atoms with E-state index in [1.807, 2.05) is 32.0 Å². The van der Waals surface area contributed by atoms with Crippen molar-refractivity contribution in [1.82, 2.24) is 0 Å². The van der Waals surface area contributed by atoms with Gasteiger partial charge in [0.05, 0.1) is 18.0 Å². The van der Waals surface area contributed by atoms with E-state index in [-0.39, 0.29) is 18.6 Å². The van der Waals surface area contributed by atoms with Gasteiger partial charge in [-0.05, 0) is 38.1 Å². The van der Waals surface area contributed by atoms with Crippen molar-refractivity contribution in [2.75, 3.05) is 29.1 Å². The van der Waals surface area contributed by atoms with Crippen LogP contribution in [0.4, 0.5) is 11.4 Å². The van der Waals surface area contributed by atoms with Crippen molar-refractivity contribution in [3.8, 4) is 5.75 Å². The molecule has 0 saturated carbocycles. The van der Waals surface area contributed by atoms with Gasteiger partial charge in [0.25, 0.3) is 0 Å². The van der Waals surface area contributed by atoms with Gasteiger partial charge in [-0.25, -0.2) is 8.42 Å². The van der Waals surface area contributed by atoms with Crippen molar-refractivity contribution >= 4 is 27.3 Å². The highest BCUT2D eigenvalue weighted by Crippen LogP contribution is 2.30. The van der Waals surface area contributed by atoms with E-state index in [0.717, 1.165) is 10.6 Å². The third-order valence-electron chi connectivity index (χ3n) is 3.69. The van der Waals surface area contributed by atoms with Gasteiger partial charge in [-0.15, -0.1) is 0 Å². The summed E-state index contributed by atoms with van der Waals surface area (Å²) in [6, 6.07) is 15.9. The van der Waals surface area contributed by atoms with Crippen LogP contribution in [0.15, 0.2) is 54.6 Å². The number of hydrogen-bond acceptors (Lipinski definition) is 4. The van der Waals surface area contributed by atoms with Crippen LogP contribution < -0.4 is 13.9 Å². The molecule has 2 aromatic rings. The molecule has 0 radical (unpaired) electrons. The first-order valence-corrected chi connectivity index (χ1v) is 10.1. The van der Waals surface area contributed by atoms with Crippen LogP contribution in [-0.2, 0) is 14.8 Å². The molecule has 0 unspecified atom stereocenters. The molecule has 0 aliphatic heterocycles. The summed E-state index contributed by atoms with van der Waals surface area (Å²) in [6.45, 7) is 3.40. The fraction of sp³-hybridized carbons (Fsp3) is 0.316. The number of rotatable bonds is 7. The Kier molecular flexibility index (Phi) is 6.26. The van der Waals surface area contributed by atoms with Crippen LogP contribution in [0, 0.1) is 0 Å². The molecule has 7 heteroatoms. The monoisotopic (exact) mass is 376 g/mol. The number of carbonyl (C=O) groups is 1. The minimum absolute atomic E-state index is 0.125. The van der Waals surface area contributed by atoms with E-state index in [0.29, 0.717) is 17.1 Å². The van der Waals surface area contributed by atoms with Crippen LogP contribution >= 0.6 is 0 Å². The number of carbonyl (C=O) groups excluding carboxylic acids is 1. The summed E-state index contributed by atoms with van der Waals surface area (Å²) in [5, 5.41) is 0. The van der Waals surface area contributed by atoms with Crippen LogP contribution in [0.5, 0.6) is 5.75 Å². The normalized spacial score (nSPS) is 11.3. The number of anilines is 2. The highest BCUT2D eigenvalue weighted by Gasteiger charge is 2.26. The number of sulfonamides is 1. The Hall–Kier alpha value is -2.54. The van der Waals surface area contributed by atoms with Crippen LogP contribution in [0.25, 0.3) is 0 Å². The van der Waals surface area contributed by atoms with Crippen molar-refractivity contribution in [1.29, 1.82) is 0 Å². The summed E-state index contributed by atoms with van der Waals surface area (Å²) in [5.74, 6) is 0.0732. The third kappa shape index (κ3) is 4.98. The maximum absolute atomic E-state index is 12.7. The summed E-state index contributed by atoms with van der Waals surface area (Å²) in [7, 11) is -2.06. The van der Waals surface area contributed by atoms with E-state index in [1.165, 1.54) is 4.90 Å². The summed E-state index contributed by atoms with van der Waals surface area (Å²) < 4.78 is 31.5. The Morgan fingerprint density at radius 1 is 1.04 bits per heavy atom. The summed E-state index contributed by atoms with van der Waals surface area (Å²) in [6.07, 6.45) is 0.954. The van der Waals surface area contributed by atoms with Gasteiger partial charge in [0.2, 0.25) is 15.9 Å². The maximum atomic E-state index is 12.7. The van der Waals surface area contributed by atoms with Crippen molar-refractivity contribution in [2.24, 2.45) is 0 Å². The Labute approximate surface area is 155 Å². The van der Waals surface area contributed by atoms with Crippen LogP contribution in [0.1, 0.15) is 13.8 Å². The molecule has 6 nitrogen and oxygen atoms in total. The maximum Gasteiger partial charge on any atom is 0.247 e. The minimum Gasteiger partial charge on any atom is -0.489 e. The molecule has 0 N–H and O–H groups in total. The number of hydrogen-bond donors (Lipinski definition) is 0. The summed E-state index contributed by atoms with van der Waals surface area (Å²) >= 11 is 0. The minimum atomic E-state index is -3.68. The quantitative estimate of drug-likeness (QED) is 0.745. The zero-order chi connectivity index (χ0) is 19.3. The second-order valence-electron chi connectivity index (χ2n) is 6.19. The van der Waals surface area contributed by atoms with Crippen molar-refractivity contribution < 1.29 is 17.9 Å². The Bertz CT molecular complexity index is 851. The Morgan fingerprint density at radius 2 is 1.62 bits per heavy atom. The van der Waals surface area contributed by atoms with Gasteiger partial charge < -0.3 is 9.64 Å². The number of likely N-dealkylation sites (N-methyl/N-ethyl adjacent to an activating group) is 1. The molecule has 0 aliphatic rings. The lowest BCUT2D eigenvalue weighted by Crippen LogP contribution is -2.41. The fourth-order valence-electron chi connectivity index (χ4n) is 2.42. The second-order valence-corrected chi connectivity index (χ2v) is 8.10. The number of para-hydroxylation sites is 3. The van der Waals surface area contributed by atoms with Gasteiger partial charge in [-0.1, -0.05) is 30.3 Å². The Balaban J connectivity index is 2.34. The molecule has 0 atom stereocenters. The predicted molar refractivity (Wildman–Crippen MR) is 104 cm³/mol. The second kappa shape index (κ2) is 8.23. The van der Waals surface area contributed by atoms with Crippen LogP contribution in [0.2, 0.25) is 0 Å². The molecular weight excluding hydrogens is 352 g/mol. The van der Waals surface area contributed by atoms with Crippen LogP contribution in [-0.4, -0.2) is 40.3 Å². The van der Waals surface area contributed by atoms with Crippen LogP contribution in [0.3, 0.4) is 0 Å². The molecule has 0 fully saturated rings. The average molecular weight is 376 g/mol. The zero-order valence-corrected chi connectivity index (χ0v) is 16.2.